The fraction of sp³-hybridized carbons (Fsp3) is 0.379. The van der Waals surface area contributed by atoms with Gasteiger partial charge in [0.05, 0.1) is 36.3 Å². The van der Waals surface area contributed by atoms with Crippen LogP contribution in [0, 0.1) is 34.7 Å². The molecule has 1 aliphatic heterocycles. The number of aliphatic hydroxyl groups is 1. The third kappa shape index (κ3) is 6.21. The van der Waals surface area contributed by atoms with Crippen LogP contribution >= 0.6 is 0 Å². The van der Waals surface area contributed by atoms with E-state index in [2.05, 4.69) is 16.8 Å². The number of ether oxygens (including phenoxy) is 1. The van der Waals surface area contributed by atoms with Crippen LogP contribution in [0.1, 0.15) is 48.5 Å². The number of methoxy groups -OCH3 is 1. The first-order valence-electron chi connectivity index (χ1n) is 12.9. The van der Waals surface area contributed by atoms with Gasteiger partial charge in [0.25, 0.3) is 0 Å². The van der Waals surface area contributed by atoms with E-state index in [1.165, 1.54) is 0 Å². The Hall–Kier alpha value is -3.69. The zero-order valence-corrected chi connectivity index (χ0v) is 22.0. The van der Waals surface area contributed by atoms with E-state index >= 15 is 0 Å². The molecule has 1 amide bonds. The maximum Gasteiger partial charge on any atom is 0.249 e. The Balaban J connectivity index is 1.47. The molecule has 11 heteroatoms. The van der Waals surface area contributed by atoms with Crippen molar-refractivity contribution in [2.45, 2.75) is 38.3 Å². The topological polar surface area (TPSA) is 121 Å². The molecule has 1 fully saturated rings. The van der Waals surface area contributed by atoms with Crippen molar-refractivity contribution < 1.29 is 33.0 Å². The zero-order chi connectivity index (χ0) is 28.9. The van der Waals surface area contributed by atoms with E-state index in [-0.39, 0.29) is 25.9 Å². The molecule has 0 bridgehead atoms. The Kier molecular flexibility index (Phi) is 9.27. The molecule has 0 aliphatic carbocycles. The molecule has 3 aromatic rings. The van der Waals surface area contributed by atoms with E-state index in [0.29, 0.717) is 65.8 Å². The summed E-state index contributed by atoms with van der Waals surface area (Å²) < 4.78 is 46.2. The van der Waals surface area contributed by atoms with Gasteiger partial charge in [0.1, 0.15) is 23.2 Å². The van der Waals surface area contributed by atoms with Crippen molar-refractivity contribution in [3.8, 4) is 17.6 Å². The lowest BCUT2D eigenvalue weighted by atomic mass is 9.73. The lowest BCUT2D eigenvalue weighted by molar-refractivity contribution is -0.143. The number of nitrogens with zero attached hydrogens (tertiary/aromatic N) is 2. The Morgan fingerprint density at radius 1 is 1.23 bits per heavy atom. The summed E-state index contributed by atoms with van der Waals surface area (Å²) in [6.07, 6.45) is 1.91. The van der Waals surface area contributed by atoms with E-state index in [9.17, 15) is 28.3 Å². The first kappa shape index (κ1) is 29.3. The number of pyridine rings is 1. The summed E-state index contributed by atoms with van der Waals surface area (Å²) in [6, 6.07) is 6.51. The minimum Gasteiger partial charge on any atom is -0.497 e. The number of amides is 1. The molecule has 1 saturated heterocycles. The first-order chi connectivity index (χ1) is 19.2. The maximum absolute atomic E-state index is 13.8. The standard InChI is InChI=1S/C29H31F3N4O4/c1-40-20-4-5-25-22(15-20)27(18(16-33)17-34-25)26(37)6-7-29(28(38)35-39)8-11-36(12-9-29)10-2-3-21-23(31)13-19(30)14-24(21)32/h4-5,13-15,17,26,37,39H,6-12,16,33H2,1H3,(H,35,38). The number of halogens is 3. The number of likely N-dealkylation sites (tertiary alicyclic amines) is 1. The molecule has 2 heterocycles. The molecular weight excluding hydrogens is 525 g/mol. The second-order valence-electron chi connectivity index (χ2n) is 9.88. The third-order valence-corrected chi connectivity index (χ3v) is 7.57. The number of benzene rings is 2. The van der Waals surface area contributed by atoms with Crippen molar-refractivity contribution in [1.29, 1.82) is 0 Å². The number of aromatic nitrogens is 1. The number of hydrogen-bond donors (Lipinski definition) is 4. The fourth-order valence-electron chi connectivity index (χ4n) is 5.22. The van der Waals surface area contributed by atoms with Gasteiger partial charge < -0.3 is 15.6 Å². The zero-order valence-electron chi connectivity index (χ0n) is 22.0. The highest BCUT2D eigenvalue weighted by molar-refractivity contribution is 5.85. The van der Waals surface area contributed by atoms with E-state index in [4.69, 9.17) is 10.5 Å². The van der Waals surface area contributed by atoms with Gasteiger partial charge in [0.2, 0.25) is 5.91 Å². The molecule has 0 spiro atoms. The minimum absolute atomic E-state index is 0.163. The molecule has 40 heavy (non-hydrogen) atoms. The highest BCUT2D eigenvalue weighted by Crippen LogP contribution is 2.40. The SMILES string of the molecule is COc1ccc2ncc(CN)c(C(O)CCC3(C(=O)NO)CCN(CC#Cc4c(F)cc(F)cc4F)CC3)c2c1. The molecule has 1 unspecified atom stereocenters. The average Bonchev–Trinajstić information content (AvgIpc) is 2.96. The predicted octanol–water partition coefficient (Wildman–Crippen LogP) is 3.57. The number of hydroxylamine groups is 1. The molecule has 1 aliphatic rings. The predicted molar refractivity (Wildman–Crippen MR) is 142 cm³/mol. The number of nitrogens with one attached hydrogen (secondary N) is 1. The van der Waals surface area contributed by atoms with Crippen LogP contribution in [-0.2, 0) is 11.3 Å². The van der Waals surface area contributed by atoms with E-state index < -0.39 is 40.4 Å². The van der Waals surface area contributed by atoms with Gasteiger partial charge in [-0.3, -0.25) is 19.9 Å². The number of hydrogen-bond acceptors (Lipinski definition) is 7. The lowest BCUT2D eigenvalue weighted by Crippen LogP contribution is -2.48. The van der Waals surface area contributed by atoms with Crippen LogP contribution < -0.4 is 16.0 Å². The van der Waals surface area contributed by atoms with Gasteiger partial charge in [-0.1, -0.05) is 11.8 Å². The number of rotatable bonds is 8. The van der Waals surface area contributed by atoms with Crippen LogP contribution in [0.5, 0.6) is 5.75 Å². The summed E-state index contributed by atoms with van der Waals surface area (Å²) in [5.74, 6) is 2.03. The van der Waals surface area contributed by atoms with Gasteiger partial charge in [-0.15, -0.1) is 0 Å². The van der Waals surface area contributed by atoms with E-state index in [0.717, 1.165) is 0 Å². The molecule has 212 valence electrons. The highest BCUT2D eigenvalue weighted by Gasteiger charge is 2.41. The largest absolute Gasteiger partial charge is 0.497 e. The normalized spacial score (nSPS) is 15.8. The Morgan fingerprint density at radius 2 is 1.93 bits per heavy atom. The van der Waals surface area contributed by atoms with Gasteiger partial charge in [-0.25, -0.2) is 18.7 Å². The van der Waals surface area contributed by atoms with Crippen LogP contribution in [0.4, 0.5) is 13.2 Å². The second kappa shape index (κ2) is 12.7. The first-order valence-corrected chi connectivity index (χ1v) is 12.9. The molecule has 0 saturated carbocycles. The van der Waals surface area contributed by atoms with Gasteiger partial charge in [-0.2, -0.15) is 0 Å². The molecule has 5 N–H and O–H groups in total. The van der Waals surface area contributed by atoms with E-state index in [1.54, 1.807) is 37.0 Å². The smallest absolute Gasteiger partial charge is 0.249 e. The fourth-order valence-corrected chi connectivity index (χ4v) is 5.22. The van der Waals surface area contributed by atoms with Crippen LogP contribution in [-0.4, -0.2) is 52.8 Å². The van der Waals surface area contributed by atoms with Gasteiger partial charge in [-0.05, 0) is 55.0 Å². The van der Waals surface area contributed by atoms with Crippen molar-refractivity contribution in [1.82, 2.24) is 15.4 Å². The van der Waals surface area contributed by atoms with Crippen molar-refractivity contribution in [3.63, 3.8) is 0 Å². The number of carbonyl (C=O) groups is 1. The van der Waals surface area contributed by atoms with Crippen molar-refractivity contribution >= 4 is 16.8 Å². The van der Waals surface area contributed by atoms with Gasteiger partial charge in [0, 0.05) is 43.4 Å². The van der Waals surface area contributed by atoms with Crippen LogP contribution in [0.25, 0.3) is 10.9 Å². The van der Waals surface area contributed by atoms with Crippen molar-refractivity contribution in [2.24, 2.45) is 11.1 Å². The van der Waals surface area contributed by atoms with Crippen molar-refractivity contribution in [2.75, 3.05) is 26.7 Å². The van der Waals surface area contributed by atoms with Crippen molar-refractivity contribution in [3.05, 3.63) is 70.7 Å². The Labute approximate surface area is 229 Å². The Morgan fingerprint density at radius 3 is 2.55 bits per heavy atom. The monoisotopic (exact) mass is 556 g/mol. The lowest BCUT2D eigenvalue weighted by Gasteiger charge is -2.40. The summed E-state index contributed by atoms with van der Waals surface area (Å²) in [5, 5.41) is 21.5. The maximum atomic E-state index is 13.8. The number of carbonyl (C=O) groups excluding carboxylic acids is 1. The summed E-state index contributed by atoms with van der Waals surface area (Å²) in [6.45, 7) is 1.20. The molecule has 2 aromatic carbocycles. The minimum atomic E-state index is -1.07. The quantitative estimate of drug-likeness (QED) is 0.190. The highest BCUT2D eigenvalue weighted by atomic mass is 19.1. The van der Waals surface area contributed by atoms with Gasteiger partial charge in [0.15, 0.2) is 0 Å². The van der Waals surface area contributed by atoms with Crippen LogP contribution in [0.3, 0.4) is 0 Å². The summed E-state index contributed by atoms with van der Waals surface area (Å²) >= 11 is 0. The molecule has 1 aromatic heterocycles. The van der Waals surface area contributed by atoms with Gasteiger partial charge >= 0.3 is 0 Å². The number of fused-ring (bicyclic) bond motifs is 1. The number of piperidine rings is 1. The number of aliphatic hydroxyl groups excluding tert-OH is 1. The molecule has 1 atom stereocenters. The summed E-state index contributed by atoms with van der Waals surface area (Å²) in [5.41, 5.74) is 8.25. The van der Waals surface area contributed by atoms with Crippen LogP contribution in [0.2, 0.25) is 0 Å². The summed E-state index contributed by atoms with van der Waals surface area (Å²) in [4.78, 5) is 19.2. The molecule has 0 radical (unpaired) electrons. The second-order valence-corrected chi connectivity index (χ2v) is 9.88. The molecular formula is C29H31F3N4O4. The van der Waals surface area contributed by atoms with Crippen LogP contribution in [0.15, 0.2) is 36.5 Å². The molecule has 4 rings (SSSR count). The Bertz CT molecular complexity index is 1420. The van der Waals surface area contributed by atoms with E-state index in [1.807, 2.05) is 4.90 Å². The average molecular weight is 557 g/mol. The third-order valence-electron chi connectivity index (χ3n) is 7.57. The summed E-state index contributed by atoms with van der Waals surface area (Å²) in [7, 11) is 1.55. The number of nitrogens with two attached hydrogens (primary N) is 1. The molecule has 8 nitrogen and oxygen atoms in total.